The zero-order chi connectivity index (χ0) is 16.2. The number of halogens is 1. The molecule has 1 aromatic heterocycles. The fourth-order valence-electron chi connectivity index (χ4n) is 3.03. The van der Waals surface area contributed by atoms with Crippen LogP contribution in [-0.4, -0.2) is 34.1 Å². The number of imidazole rings is 1. The van der Waals surface area contributed by atoms with Crippen molar-refractivity contribution in [1.29, 1.82) is 0 Å². The van der Waals surface area contributed by atoms with Gasteiger partial charge in [-0.25, -0.2) is 14.2 Å². The molecule has 0 unspecified atom stereocenters. The van der Waals surface area contributed by atoms with Crippen molar-refractivity contribution in [3.8, 4) is 0 Å². The molecule has 122 valence electrons. The van der Waals surface area contributed by atoms with E-state index in [2.05, 4.69) is 10.3 Å². The van der Waals surface area contributed by atoms with Gasteiger partial charge in [0.1, 0.15) is 5.82 Å². The topological polar surface area (TPSA) is 50.2 Å². The first-order valence-corrected chi connectivity index (χ1v) is 7.90. The first-order chi connectivity index (χ1) is 11.1. The van der Waals surface area contributed by atoms with Crippen LogP contribution in [0.25, 0.3) is 0 Å². The number of nitrogens with one attached hydrogen (secondary N) is 1. The molecule has 3 rings (SSSR count). The highest BCUT2D eigenvalue weighted by molar-refractivity contribution is 5.74. The molecule has 1 aliphatic carbocycles. The Morgan fingerprint density at radius 1 is 1.52 bits per heavy atom. The molecule has 0 saturated carbocycles. The first-order valence-electron chi connectivity index (χ1n) is 7.90. The molecule has 1 atom stereocenters. The van der Waals surface area contributed by atoms with Crippen molar-refractivity contribution in [3.05, 3.63) is 53.9 Å². The van der Waals surface area contributed by atoms with Gasteiger partial charge in [0, 0.05) is 32.5 Å². The molecule has 23 heavy (non-hydrogen) atoms. The van der Waals surface area contributed by atoms with Gasteiger partial charge in [0.2, 0.25) is 0 Å². The summed E-state index contributed by atoms with van der Waals surface area (Å²) in [6.45, 7) is 1.49. The molecule has 1 heterocycles. The van der Waals surface area contributed by atoms with Crippen LogP contribution in [0.4, 0.5) is 9.18 Å². The molecule has 2 amide bonds. The number of fused-ring (bicyclic) bond motifs is 1. The second kappa shape index (κ2) is 6.81. The quantitative estimate of drug-likeness (QED) is 0.922. The standard InChI is InChI=1S/C17H21FN4O/c1-21(9-3-10-22-11-8-19-12-22)17(23)20-16-7-6-13-14(16)4-2-5-15(13)18/h2,4-5,8,11-12,16H,3,6-7,9-10H2,1H3,(H,20,23)/t16-/m0/s1. The number of aromatic nitrogens is 2. The zero-order valence-electron chi connectivity index (χ0n) is 13.2. The summed E-state index contributed by atoms with van der Waals surface area (Å²) in [5.74, 6) is -0.173. The van der Waals surface area contributed by atoms with Gasteiger partial charge in [0.25, 0.3) is 0 Å². The average Bonchev–Trinajstić information content (AvgIpc) is 3.18. The van der Waals surface area contributed by atoms with Gasteiger partial charge >= 0.3 is 6.03 Å². The molecular weight excluding hydrogens is 295 g/mol. The molecule has 0 radical (unpaired) electrons. The third-order valence-corrected chi connectivity index (χ3v) is 4.33. The van der Waals surface area contributed by atoms with E-state index in [1.165, 1.54) is 6.07 Å². The number of carbonyl (C=O) groups is 1. The Hall–Kier alpha value is -2.37. The van der Waals surface area contributed by atoms with E-state index < -0.39 is 0 Å². The summed E-state index contributed by atoms with van der Waals surface area (Å²) in [6.07, 6.45) is 7.71. The number of hydrogen-bond donors (Lipinski definition) is 1. The highest BCUT2D eigenvalue weighted by Crippen LogP contribution is 2.32. The average molecular weight is 316 g/mol. The van der Waals surface area contributed by atoms with Crippen molar-refractivity contribution in [2.24, 2.45) is 0 Å². The van der Waals surface area contributed by atoms with Crippen LogP contribution in [0.3, 0.4) is 0 Å². The fraction of sp³-hybridized carbons (Fsp3) is 0.412. The fourth-order valence-corrected chi connectivity index (χ4v) is 3.03. The Morgan fingerprint density at radius 3 is 3.17 bits per heavy atom. The van der Waals surface area contributed by atoms with E-state index in [0.717, 1.165) is 30.5 Å². The summed E-state index contributed by atoms with van der Waals surface area (Å²) < 4.78 is 15.7. The lowest BCUT2D eigenvalue weighted by molar-refractivity contribution is 0.203. The van der Waals surface area contributed by atoms with E-state index in [1.807, 2.05) is 16.8 Å². The van der Waals surface area contributed by atoms with Crippen LogP contribution in [0, 0.1) is 5.82 Å². The monoisotopic (exact) mass is 316 g/mol. The van der Waals surface area contributed by atoms with E-state index in [-0.39, 0.29) is 17.9 Å². The van der Waals surface area contributed by atoms with Gasteiger partial charge in [0.15, 0.2) is 0 Å². The molecular formula is C17H21FN4O. The number of benzene rings is 1. The molecule has 0 saturated heterocycles. The summed E-state index contributed by atoms with van der Waals surface area (Å²) in [4.78, 5) is 18.0. The third kappa shape index (κ3) is 3.52. The van der Waals surface area contributed by atoms with Crippen LogP contribution >= 0.6 is 0 Å². The van der Waals surface area contributed by atoms with Crippen molar-refractivity contribution in [2.45, 2.75) is 31.8 Å². The number of hydrogen-bond acceptors (Lipinski definition) is 2. The van der Waals surface area contributed by atoms with Crippen molar-refractivity contribution in [1.82, 2.24) is 19.8 Å². The zero-order valence-corrected chi connectivity index (χ0v) is 13.2. The van der Waals surface area contributed by atoms with Crippen LogP contribution in [0.2, 0.25) is 0 Å². The predicted molar refractivity (Wildman–Crippen MR) is 85.5 cm³/mol. The predicted octanol–water partition coefficient (Wildman–Crippen LogP) is 2.74. The van der Waals surface area contributed by atoms with Gasteiger partial charge in [-0.15, -0.1) is 0 Å². The Labute approximate surface area is 135 Å². The second-order valence-corrected chi connectivity index (χ2v) is 5.92. The minimum absolute atomic E-state index is 0.0932. The second-order valence-electron chi connectivity index (χ2n) is 5.92. The maximum Gasteiger partial charge on any atom is 0.317 e. The highest BCUT2D eigenvalue weighted by atomic mass is 19.1. The number of nitrogens with zero attached hydrogens (tertiary/aromatic N) is 3. The molecule has 0 bridgehead atoms. The minimum atomic E-state index is -0.173. The summed E-state index contributed by atoms with van der Waals surface area (Å²) in [5, 5.41) is 3.01. The summed E-state index contributed by atoms with van der Waals surface area (Å²) in [5.41, 5.74) is 1.64. The van der Waals surface area contributed by atoms with Gasteiger partial charge < -0.3 is 14.8 Å². The van der Waals surface area contributed by atoms with Crippen molar-refractivity contribution < 1.29 is 9.18 Å². The smallest absolute Gasteiger partial charge is 0.317 e. The molecule has 0 fully saturated rings. The van der Waals surface area contributed by atoms with Gasteiger partial charge in [-0.1, -0.05) is 12.1 Å². The summed E-state index contributed by atoms with van der Waals surface area (Å²) in [6, 6.07) is 4.87. The summed E-state index contributed by atoms with van der Waals surface area (Å²) in [7, 11) is 1.78. The Balaban J connectivity index is 1.50. The maximum absolute atomic E-state index is 13.7. The SMILES string of the molecule is CN(CCCn1ccnc1)C(=O)N[C@H]1CCc2c(F)cccc21. The van der Waals surface area contributed by atoms with Crippen LogP contribution < -0.4 is 5.32 Å². The number of urea groups is 1. The minimum Gasteiger partial charge on any atom is -0.337 e. The lowest BCUT2D eigenvalue weighted by atomic mass is 10.1. The van der Waals surface area contributed by atoms with E-state index >= 15 is 0 Å². The number of aryl methyl sites for hydroxylation is 1. The van der Waals surface area contributed by atoms with Gasteiger partial charge in [-0.3, -0.25) is 0 Å². The molecule has 1 aromatic carbocycles. The number of carbonyl (C=O) groups excluding carboxylic acids is 1. The van der Waals surface area contributed by atoms with Crippen LogP contribution in [0.15, 0.2) is 36.9 Å². The molecule has 1 aliphatic rings. The van der Waals surface area contributed by atoms with Crippen molar-refractivity contribution in [2.75, 3.05) is 13.6 Å². The van der Waals surface area contributed by atoms with E-state index in [9.17, 15) is 9.18 Å². The third-order valence-electron chi connectivity index (χ3n) is 4.33. The highest BCUT2D eigenvalue weighted by Gasteiger charge is 2.26. The van der Waals surface area contributed by atoms with Crippen LogP contribution in [0.1, 0.15) is 30.0 Å². The van der Waals surface area contributed by atoms with Crippen molar-refractivity contribution >= 4 is 6.03 Å². The Bertz CT molecular complexity index is 671. The summed E-state index contributed by atoms with van der Waals surface area (Å²) >= 11 is 0. The van der Waals surface area contributed by atoms with E-state index in [0.29, 0.717) is 13.0 Å². The van der Waals surface area contributed by atoms with Gasteiger partial charge in [-0.2, -0.15) is 0 Å². The molecule has 5 nitrogen and oxygen atoms in total. The lowest BCUT2D eigenvalue weighted by Crippen LogP contribution is -2.39. The molecule has 1 N–H and O–H groups in total. The maximum atomic E-state index is 13.7. The molecule has 0 spiro atoms. The Morgan fingerprint density at radius 2 is 2.39 bits per heavy atom. The van der Waals surface area contributed by atoms with Crippen molar-refractivity contribution in [3.63, 3.8) is 0 Å². The Kier molecular flexibility index (Phi) is 4.60. The number of rotatable bonds is 5. The number of amides is 2. The van der Waals surface area contributed by atoms with E-state index in [4.69, 9.17) is 0 Å². The normalized spacial score (nSPS) is 16.2. The molecule has 2 aromatic rings. The first kappa shape index (κ1) is 15.5. The van der Waals surface area contributed by atoms with E-state index in [1.54, 1.807) is 30.5 Å². The van der Waals surface area contributed by atoms with Crippen LogP contribution in [-0.2, 0) is 13.0 Å². The van der Waals surface area contributed by atoms with Crippen LogP contribution in [0.5, 0.6) is 0 Å². The molecule has 0 aliphatic heterocycles. The molecule has 6 heteroatoms. The largest absolute Gasteiger partial charge is 0.337 e. The van der Waals surface area contributed by atoms with Gasteiger partial charge in [-0.05, 0) is 36.5 Å². The van der Waals surface area contributed by atoms with Gasteiger partial charge in [0.05, 0.1) is 12.4 Å². The lowest BCUT2D eigenvalue weighted by Gasteiger charge is -2.21.